The van der Waals surface area contributed by atoms with Crippen LogP contribution in [0.1, 0.15) is 35.2 Å². The molecule has 0 aliphatic carbocycles. The van der Waals surface area contributed by atoms with Gasteiger partial charge in [0.25, 0.3) is 5.91 Å². The standard InChI is InChI=1S/C21H27N3O4/c1-27-17-9-11-18(12-10-17)28-14-15-5-7-16(8-6-15)21(26)24-19(20(23)25)4-2-3-13-22/h5-12,19H,2-4,13-14,22H2,1H3,(H2,23,25)(H,24,26). The number of rotatable bonds is 11. The Labute approximate surface area is 165 Å². The molecule has 150 valence electrons. The van der Waals surface area contributed by atoms with Crippen LogP contribution in [0.3, 0.4) is 0 Å². The van der Waals surface area contributed by atoms with E-state index < -0.39 is 11.9 Å². The minimum Gasteiger partial charge on any atom is -0.497 e. The molecule has 2 amide bonds. The first-order valence-electron chi connectivity index (χ1n) is 9.19. The van der Waals surface area contributed by atoms with Gasteiger partial charge in [0.1, 0.15) is 24.1 Å². The number of benzene rings is 2. The number of unbranched alkanes of at least 4 members (excludes halogenated alkanes) is 1. The van der Waals surface area contributed by atoms with E-state index in [9.17, 15) is 9.59 Å². The third kappa shape index (κ3) is 6.59. The molecular weight excluding hydrogens is 358 g/mol. The lowest BCUT2D eigenvalue weighted by molar-refractivity contribution is -0.120. The molecule has 0 bridgehead atoms. The van der Waals surface area contributed by atoms with Crippen molar-refractivity contribution in [2.45, 2.75) is 31.9 Å². The quantitative estimate of drug-likeness (QED) is 0.512. The summed E-state index contributed by atoms with van der Waals surface area (Å²) in [6, 6.07) is 13.6. The van der Waals surface area contributed by atoms with Crippen molar-refractivity contribution in [2.24, 2.45) is 11.5 Å². The van der Waals surface area contributed by atoms with Crippen LogP contribution in [0.4, 0.5) is 0 Å². The molecule has 0 heterocycles. The van der Waals surface area contributed by atoms with E-state index in [-0.39, 0.29) is 5.91 Å². The summed E-state index contributed by atoms with van der Waals surface area (Å²) in [5.74, 6) is 0.610. The predicted molar refractivity (Wildman–Crippen MR) is 107 cm³/mol. The molecule has 0 aromatic heterocycles. The zero-order valence-corrected chi connectivity index (χ0v) is 16.0. The third-order valence-corrected chi connectivity index (χ3v) is 4.28. The molecule has 0 saturated heterocycles. The van der Waals surface area contributed by atoms with Crippen LogP contribution in [0, 0.1) is 0 Å². The van der Waals surface area contributed by atoms with Crippen LogP contribution in [0.5, 0.6) is 11.5 Å². The number of carbonyl (C=O) groups excluding carboxylic acids is 2. The Bertz CT molecular complexity index is 760. The topological polar surface area (TPSA) is 117 Å². The van der Waals surface area contributed by atoms with Gasteiger partial charge in [-0.15, -0.1) is 0 Å². The first-order chi connectivity index (χ1) is 13.5. The minimum atomic E-state index is -0.697. The van der Waals surface area contributed by atoms with Crippen molar-refractivity contribution in [1.82, 2.24) is 5.32 Å². The van der Waals surface area contributed by atoms with Gasteiger partial charge in [-0.05, 0) is 67.8 Å². The molecule has 2 aromatic carbocycles. The van der Waals surface area contributed by atoms with Crippen molar-refractivity contribution in [1.29, 1.82) is 0 Å². The maximum atomic E-state index is 12.4. The SMILES string of the molecule is COc1ccc(OCc2ccc(C(=O)NC(CCCCN)C(N)=O)cc2)cc1. The number of ether oxygens (including phenoxy) is 2. The van der Waals surface area contributed by atoms with Gasteiger partial charge < -0.3 is 26.3 Å². The van der Waals surface area contributed by atoms with Crippen LogP contribution in [-0.2, 0) is 11.4 Å². The maximum absolute atomic E-state index is 12.4. The van der Waals surface area contributed by atoms with Crippen LogP contribution in [-0.4, -0.2) is 31.5 Å². The van der Waals surface area contributed by atoms with Crippen LogP contribution in [0.2, 0.25) is 0 Å². The van der Waals surface area contributed by atoms with E-state index >= 15 is 0 Å². The molecule has 1 unspecified atom stereocenters. The number of nitrogens with two attached hydrogens (primary N) is 2. The van der Waals surface area contributed by atoms with E-state index in [1.165, 1.54) is 0 Å². The Balaban J connectivity index is 1.89. The van der Waals surface area contributed by atoms with Crippen molar-refractivity contribution in [3.63, 3.8) is 0 Å². The molecule has 5 N–H and O–H groups in total. The Hall–Kier alpha value is -3.06. The fourth-order valence-corrected chi connectivity index (χ4v) is 2.61. The second kappa shape index (κ2) is 10.9. The number of methoxy groups -OCH3 is 1. The highest BCUT2D eigenvalue weighted by Crippen LogP contribution is 2.18. The predicted octanol–water partition coefficient (Wildman–Crippen LogP) is 1.99. The summed E-state index contributed by atoms with van der Waals surface area (Å²) in [5.41, 5.74) is 12.2. The smallest absolute Gasteiger partial charge is 0.251 e. The zero-order valence-electron chi connectivity index (χ0n) is 16.0. The van der Waals surface area contributed by atoms with Crippen LogP contribution < -0.4 is 26.3 Å². The van der Waals surface area contributed by atoms with Gasteiger partial charge in [0.2, 0.25) is 5.91 Å². The fourth-order valence-electron chi connectivity index (χ4n) is 2.61. The van der Waals surface area contributed by atoms with Gasteiger partial charge in [-0.1, -0.05) is 12.1 Å². The van der Waals surface area contributed by atoms with E-state index in [2.05, 4.69) is 5.32 Å². The highest BCUT2D eigenvalue weighted by Gasteiger charge is 2.18. The van der Waals surface area contributed by atoms with E-state index in [0.29, 0.717) is 25.1 Å². The average molecular weight is 385 g/mol. The van der Waals surface area contributed by atoms with Gasteiger partial charge in [-0.2, -0.15) is 0 Å². The molecule has 0 saturated carbocycles. The first-order valence-corrected chi connectivity index (χ1v) is 9.19. The Morgan fingerprint density at radius 1 is 1.00 bits per heavy atom. The van der Waals surface area contributed by atoms with Crippen molar-refractivity contribution >= 4 is 11.8 Å². The van der Waals surface area contributed by atoms with E-state index in [1.54, 1.807) is 19.2 Å². The molecule has 0 fully saturated rings. The second-order valence-corrected chi connectivity index (χ2v) is 6.37. The molecule has 1 atom stereocenters. The first kappa shape index (κ1) is 21.2. The Kier molecular flexibility index (Phi) is 8.30. The highest BCUT2D eigenvalue weighted by molar-refractivity contribution is 5.97. The van der Waals surface area contributed by atoms with Gasteiger partial charge in [0, 0.05) is 5.56 Å². The van der Waals surface area contributed by atoms with Crippen LogP contribution >= 0.6 is 0 Å². The highest BCUT2D eigenvalue weighted by atomic mass is 16.5. The summed E-state index contributed by atoms with van der Waals surface area (Å²) in [5, 5.41) is 2.68. The zero-order chi connectivity index (χ0) is 20.4. The van der Waals surface area contributed by atoms with Crippen molar-refractivity contribution in [3.05, 3.63) is 59.7 Å². The molecule has 0 spiro atoms. The molecule has 28 heavy (non-hydrogen) atoms. The molecular formula is C21H27N3O4. The molecule has 2 aromatic rings. The van der Waals surface area contributed by atoms with Crippen LogP contribution in [0.25, 0.3) is 0 Å². The molecule has 0 aliphatic rings. The van der Waals surface area contributed by atoms with Gasteiger partial charge in [0.05, 0.1) is 7.11 Å². The molecule has 2 rings (SSSR count). The Morgan fingerprint density at radius 3 is 2.21 bits per heavy atom. The minimum absolute atomic E-state index is 0.334. The number of carbonyl (C=O) groups is 2. The monoisotopic (exact) mass is 385 g/mol. The maximum Gasteiger partial charge on any atom is 0.251 e. The number of hydrogen-bond donors (Lipinski definition) is 3. The number of hydrogen-bond acceptors (Lipinski definition) is 5. The van der Waals surface area contributed by atoms with E-state index in [4.69, 9.17) is 20.9 Å². The van der Waals surface area contributed by atoms with Crippen molar-refractivity contribution < 1.29 is 19.1 Å². The molecule has 7 heteroatoms. The third-order valence-electron chi connectivity index (χ3n) is 4.28. The summed E-state index contributed by atoms with van der Waals surface area (Å²) >= 11 is 0. The molecule has 0 aliphatic heterocycles. The number of nitrogens with one attached hydrogen (secondary N) is 1. The van der Waals surface area contributed by atoms with Gasteiger partial charge in [-0.25, -0.2) is 0 Å². The summed E-state index contributed by atoms with van der Waals surface area (Å²) in [6.45, 7) is 0.913. The van der Waals surface area contributed by atoms with Gasteiger partial charge >= 0.3 is 0 Å². The normalized spacial score (nSPS) is 11.5. The lowest BCUT2D eigenvalue weighted by Crippen LogP contribution is -2.44. The average Bonchev–Trinajstić information content (AvgIpc) is 2.72. The largest absolute Gasteiger partial charge is 0.497 e. The summed E-state index contributed by atoms with van der Waals surface area (Å²) < 4.78 is 10.8. The molecule has 0 radical (unpaired) electrons. The second-order valence-electron chi connectivity index (χ2n) is 6.37. The van der Waals surface area contributed by atoms with Gasteiger partial charge in [-0.3, -0.25) is 9.59 Å². The van der Waals surface area contributed by atoms with E-state index in [1.807, 2.05) is 36.4 Å². The lowest BCUT2D eigenvalue weighted by atomic mass is 10.1. The van der Waals surface area contributed by atoms with Crippen LogP contribution in [0.15, 0.2) is 48.5 Å². The lowest BCUT2D eigenvalue weighted by Gasteiger charge is -2.15. The van der Waals surface area contributed by atoms with E-state index in [0.717, 1.165) is 29.9 Å². The van der Waals surface area contributed by atoms with Gasteiger partial charge in [0.15, 0.2) is 0 Å². The van der Waals surface area contributed by atoms with Crippen molar-refractivity contribution in [3.8, 4) is 11.5 Å². The number of amides is 2. The Morgan fingerprint density at radius 2 is 1.64 bits per heavy atom. The fraction of sp³-hybridized carbons (Fsp3) is 0.333. The summed E-state index contributed by atoms with van der Waals surface area (Å²) in [6.07, 6.45) is 1.99. The summed E-state index contributed by atoms with van der Waals surface area (Å²) in [4.78, 5) is 23.9. The van der Waals surface area contributed by atoms with Crippen molar-refractivity contribution in [2.75, 3.05) is 13.7 Å². The summed E-state index contributed by atoms with van der Waals surface area (Å²) in [7, 11) is 1.61. The number of primary amides is 1. The molecule has 7 nitrogen and oxygen atoms in total.